The van der Waals surface area contributed by atoms with E-state index in [-0.39, 0.29) is 24.5 Å². The molecule has 0 aliphatic heterocycles. The molecular weight excluding hydrogens is 518 g/mol. The van der Waals surface area contributed by atoms with Crippen LogP contribution in [0.1, 0.15) is 47.7 Å². The van der Waals surface area contributed by atoms with E-state index in [1.807, 2.05) is 0 Å². The number of carbonyl (C=O) groups excluding carboxylic acids is 1. The molecule has 3 rings (SSSR count). The molecule has 5 nitrogen and oxygen atoms in total. The molecule has 1 unspecified atom stereocenters. The van der Waals surface area contributed by atoms with Crippen LogP contribution in [0.3, 0.4) is 0 Å². The Morgan fingerprint density at radius 1 is 1.16 bits per heavy atom. The van der Waals surface area contributed by atoms with Gasteiger partial charge in [-0.2, -0.15) is 13.2 Å². The lowest BCUT2D eigenvalue weighted by Crippen LogP contribution is -2.48. The van der Waals surface area contributed by atoms with Gasteiger partial charge in [0.1, 0.15) is 17.3 Å². The predicted molar refractivity (Wildman–Crippen MR) is 130 cm³/mol. The van der Waals surface area contributed by atoms with Crippen molar-refractivity contribution in [1.82, 2.24) is 14.9 Å². The molecule has 0 bridgehead atoms. The summed E-state index contributed by atoms with van der Waals surface area (Å²) in [7, 11) is 0. The Hall–Kier alpha value is -3.15. The van der Waals surface area contributed by atoms with Gasteiger partial charge in [-0.15, -0.1) is 11.3 Å². The topological polar surface area (TPSA) is 58.1 Å². The molecule has 1 amide bonds. The van der Waals surface area contributed by atoms with Crippen LogP contribution in [-0.4, -0.2) is 45.8 Å². The number of carbonyl (C=O) groups is 1. The molecule has 3 aromatic rings. The van der Waals surface area contributed by atoms with Gasteiger partial charge in [0.2, 0.25) is 0 Å². The summed E-state index contributed by atoms with van der Waals surface area (Å²) in [5.41, 5.74) is -0.597. The predicted octanol–water partition coefficient (Wildman–Crippen LogP) is 7.05. The van der Waals surface area contributed by atoms with Gasteiger partial charge in [0.05, 0.1) is 22.0 Å². The van der Waals surface area contributed by atoms with Gasteiger partial charge in [0, 0.05) is 25.2 Å². The number of rotatable bonds is 10. The average molecular weight is 545 g/mol. The quantitative estimate of drug-likeness (QED) is 0.278. The second kappa shape index (κ2) is 11.5. The number of alkyl halides is 5. The van der Waals surface area contributed by atoms with E-state index < -0.39 is 48.4 Å². The largest absolute Gasteiger partial charge is 0.417 e. The summed E-state index contributed by atoms with van der Waals surface area (Å²) in [6.07, 6.45) is -4.13. The lowest BCUT2D eigenvalue weighted by Gasteiger charge is -2.32. The van der Waals surface area contributed by atoms with Gasteiger partial charge in [-0.25, -0.2) is 23.1 Å². The fraction of sp³-hybridized carbons (Fsp3) is 0.400. The summed E-state index contributed by atoms with van der Waals surface area (Å²) in [4.78, 5) is 22.9. The smallest absolute Gasteiger partial charge is 0.368 e. The molecule has 12 heteroatoms. The van der Waals surface area contributed by atoms with E-state index in [1.54, 1.807) is 19.9 Å². The van der Waals surface area contributed by atoms with Crippen molar-refractivity contribution < 1.29 is 31.1 Å². The molecule has 0 aliphatic carbocycles. The molecule has 200 valence electrons. The van der Waals surface area contributed by atoms with Crippen LogP contribution in [0.15, 0.2) is 42.6 Å². The highest BCUT2D eigenvalue weighted by molar-refractivity contribution is 7.15. The normalized spacial score (nSPS) is 12.9. The van der Waals surface area contributed by atoms with E-state index >= 15 is 0 Å². The highest BCUT2D eigenvalue weighted by atomic mass is 32.1. The van der Waals surface area contributed by atoms with Gasteiger partial charge in [-0.3, -0.25) is 4.79 Å². The molecule has 0 fully saturated rings. The van der Waals surface area contributed by atoms with Gasteiger partial charge < -0.3 is 10.2 Å². The number of halogens is 6. The maximum atomic E-state index is 14.7. The Bertz CT molecular complexity index is 1210. The Balaban J connectivity index is 1.88. The van der Waals surface area contributed by atoms with Crippen molar-refractivity contribution >= 4 is 23.1 Å². The zero-order valence-electron chi connectivity index (χ0n) is 20.4. The Morgan fingerprint density at radius 2 is 1.89 bits per heavy atom. The van der Waals surface area contributed by atoms with E-state index in [2.05, 4.69) is 15.3 Å². The van der Waals surface area contributed by atoms with Crippen molar-refractivity contribution in [2.75, 3.05) is 18.4 Å². The summed E-state index contributed by atoms with van der Waals surface area (Å²) < 4.78 is 81.6. The number of nitrogens with zero attached hydrogens (tertiary/aromatic N) is 3. The molecule has 0 saturated carbocycles. The summed E-state index contributed by atoms with van der Waals surface area (Å²) in [6, 6.07) is 6.72. The number of benzene rings is 1. The molecule has 0 aliphatic rings. The first-order valence-corrected chi connectivity index (χ1v) is 12.3. The summed E-state index contributed by atoms with van der Waals surface area (Å²) in [5, 5.41) is 3.30. The molecular formula is C25H26F6N4OS. The number of nitrogens with one attached hydrogen (secondary N) is 1. The van der Waals surface area contributed by atoms with Crippen LogP contribution >= 0.6 is 11.3 Å². The van der Waals surface area contributed by atoms with E-state index in [0.29, 0.717) is 21.6 Å². The Kier molecular flexibility index (Phi) is 8.83. The van der Waals surface area contributed by atoms with Gasteiger partial charge >= 0.3 is 6.18 Å². The van der Waals surface area contributed by atoms with E-state index in [9.17, 15) is 31.1 Å². The van der Waals surface area contributed by atoms with Crippen LogP contribution in [-0.2, 0) is 6.18 Å². The fourth-order valence-electron chi connectivity index (χ4n) is 3.68. The van der Waals surface area contributed by atoms with Crippen molar-refractivity contribution in [2.24, 2.45) is 0 Å². The first-order valence-electron chi connectivity index (χ1n) is 11.5. The minimum absolute atomic E-state index is 0.0648. The number of aryl methyl sites for hydroxylation is 1. The van der Waals surface area contributed by atoms with Crippen LogP contribution < -0.4 is 5.32 Å². The third-order valence-corrected chi connectivity index (χ3v) is 6.52. The number of hydrogen-bond donors (Lipinski definition) is 1. The van der Waals surface area contributed by atoms with Crippen LogP contribution in [0, 0.1) is 12.7 Å². The highest BCUT2D eigenvalue weighted by Crippen LogP contribution is 2.33. The standard InChI is InChI=1S/C25H26F6N4OS/c1-4-10-24(27,28)14-35(15(2)12-32-20-9-8-18(13-33-20)25(29,30)31)23(36)21-22(37-16(3)34-21)17-6-5-7-19(26)11-17/h5-9,11,13,15H,4,10,12,14H2,1-3H3,(H,32,33). The number of pyridine rings is 1. The third kappa shape index (κ3) is 7.43. The summed E-state index contributed by atoms with van der Waals surface area (Å²) in [5.74, 6) is -4.36. The van der Waals surface area contributed by atoms with E-state index in [1.165, 1.54) is 25.1 Å². The molecule has 0 spiro atoms. The molecule has 2 heterocycles. The molecule has 1 atom stereocenters. The molecule has 1 aromatic carbocycles. The summed E-state index contributed by atoms with van der Waals surface area (Å²) in [6.45, 7) is 3.85. The number of anilines is 1. The van der Waals surface area contributed by atoms with Crippen LogP contribution in [0.4, 0.5) is 32.2 Å². The number of aromatic nitrogens is 2. The Labute approximate surface area is 214 Å². The number of hydrogen-bond acceptors (Lipinski definition) is 5. The van der Waals surface area contributed by atoms with Crippen molar-refractivity contribution in [3.63, 3.8) is 0 Å². The van der Waals surface area contributed by atoms with E-state index in [0.717, 1.165) is 28.4 Å². The Morgan fingerprint density at radius 3 is 2.49 bits per heavy atom. The van der Waals surface area contributed by atoms with Crippen molar-refractivity contribution in [1.29, 1.82) is 0 Å². The van der Waals surface area contributed by atoms with Gasteiger partial charge in [-0.1, -0.05) is 25.5 Å². The van der Waals surface area contributed by atoms with Gasteiger partial charge in [0.15, 0.2) is 0 Å². The molecule has 1 N–H and O–H groups in total. The maximum Gasteiger partial charge on any atom is 0.417 e. The second-order valence-electron chi connectivity index (χ2n) is 8.62. The summed E-state index contributed by atoms with van der Waals surface area (Å²) >= 11 is 1.15. The second-order valence-corrected chi connectivity index (χ2v) is 9.82. The van der Waals surface area contributed by atoms with Crippen LogP contribution in [0.2, 0.25) is 0 Å². The van der Waals surface area contributed by atoms with Crippen molar-refractivity contribution in [3.05, 3.63) is 64.7 Å². The third-order valence-electron chi connectivity index (χ3n) is 5.50. The fourth-order valence-corrected chi connectivity index (χ4v) is 4.59. The zero-order valence-corrected chi connectivity index (χ0v) is 21.2. The first kappa shape index (κ1) is 28.4. The van der Waals surface area contributed by atoms with Crippen LogP contribution in [0.5, 0.6) is 0 Å². The van der Waals surface area contributed by atoms with Crippen LogP contribution in [0.25, 0.3) is 10.4 Å². The monoisotopic (exact) mass is 544 g/mol. The van der Waals surface area contributed by atoms with Crippen molar-refractivity contribution in [3.8, 4) is 10.4 Å². The highest BCUT2D eigenvalue weighted by Gasteiger charge is 2.37. The minimum atomic E-state index is -4.54. The molecule has 37 heavy (non-hydrogen) atoms. The lowest BCUT2D eigenvalue weighted by atomic mass is 10.1. The zero-order chi connectivity index (χ0) is 27.4. The molecule has 2 aromatic heterocycles. The van der Waals surface area contributed by atoms with Gasteiger partial charge in [0.25, 0.3) is 11.8 Å². The minimum Gasteiger partial charge on any atom is -0.368 e. The lowest BCUT2D eigenvalue weighted by molar-refractivity contribution is -0.137. The SMILES string of the molecule is CCCC(F)(F)CN(C(=O)c1nc(C)sc1-c1cccc(F)c1)C(C)CNc1ccc(C(F)(F)F)cn1. The first-order chi connectivity index (χ1) is 17.3. The number of thiazole rings is 1. The number of amides is 1. The van der Waals surface area contributed by atoms with Crippen molar-refractivity contribution in [2.45, 2.75) is 51.8 Å². The maximum absolute atomic E-state index is 14.7. The van der Waals surface area contributed by atoms with E-state index in [4.69, 9.17) is 0 Å². The molecule has 0 radical (unpaired) electrons. The van der Waals surface area contributed by atoms with Gasteiger partial charge in [-0.05, 0) is 43.7 Å². The molecule has 0 saturated heterocycles. The average Bonchev–Trinajstić information content (AvgIpc) is 3.22.